The molecule has 0 aliphatic heterocycles. The van der Waals surface area contributed by atoms with Crippen LogP contribution in [0, 0.1) is 0 Å². The van der Waals surface area contributed by atoms with Gasteiger partial charge >= 0.3 is 5.97 Å². The molecule has 0 saturated heterocycles. The zero-order valence-electron chi connectivity index (χ0n) is 25.1. The number of methoxy groups -OCH3 is 1. The van der Waals surface area contributed by atoms with Crippen LogP contribution in [-0.4, -0.2) is 41.4 Å². The normalized spacial score (nSPS) is 11.1. The molecule has 0 unspecified atom stereocenters. The van der Waals surface area contributed by atoms with E-state index in [0.717, 1.165) is 11.1 Å². The zero-order chi connectivity index (χ0) is 31.0. The number of hydrogen-bond donors (Lipinski definition) is 2. The zero-order valence-corrected chi connectivity index (χ0v) is 25.1. The third-order valence-electron chi connectivity index (χ3n) is 7.31. The topological polar surface area (TPSA) is 95.9 Å². The van der Waals surface area contributed by atoms with Crippen LogP contribution in [0.3, 0.4) is 0 Å². The molecule has 0 atom stereocenters. The molecule has 0 heterocycles. The summed E-state index contributed by atoms with van der Waals surface area (Å²) in [5, 5.41) is 12.4. The van der Waals surface area contributed by atoms with Gasteiger partial charge in [-0.25, -0.2) is 0 Å². The first-order valence-electron chi connectivity index (χ1n) is 14.3. The Kier molecular flexibility index (Phi) is 9.99. The second kappa shape index (κ2) is 13.8. The van der Waals surface area contributed by atoms with E-state index in [1.54, 1.807) is 43.5 Å². The van der Waals surface area contributed by atoms with E-state index in [0.29, 0.717) is 34.5 Å². The van der Waals surface area contributed by atoms with Crippen molar-refractivity contribution in [2.24, 2.45) is 0 Å². The van der Waals surface area contributed by atoms with Crippen molar-refractivity contribution < 1.29 is 24.2 Å². The highest BCUT2D eigenvalue weighted by molar-refractivity contribution is 6.06. The summed E-state index contributed by atoms with van der Waals surface area (Å²) in [5.41, 5.74) is 5.15. The van der Waals surface area contributed by atoms with Crippen LogP contribution in [0.15, 0.2) is 97.1 Å². The van der Waals surface area contributed by atoms with Gasteiger partial charge in [0.1, 0.15) is 5.75 Å². The lowest BCUT2D eigenvalue weighted by atomic mass is 9.87. The molecule has 4 aromatic rings. The molecule has 7 heteroatoms. The molecular formula is C36H38N2O5. The van der Waals surface area contributed by atoms with Crippen LogP contribution in [0.4, 0.5) is 0 Å². The molecule has 7 nitrogen and oxygen atoms in total. The Morgan fingerprint density at radius 1 is 0.767 bits per heavy atom. The van der Waals surface area contributed by atoms with Gasteiger partial charge in [-0.05, 0) is 57.5 Å². The first-order chi connectivity index (χ1) is 20.6. The number of carboxylic acid groups (broad SMARTS) is 1. The van der Waals surface area contributed by atoms with Crippen molar-refractivity contribution in [2.75, 3.05) is 13.7 Å². The summed E-state index contributed by atoms with van der Waals surface area (Å²) in [6.07, 6.45) is -0.195. The molecule has 2 amide bonds. The van der Waals surface area contributed by atoms with Gasteiger partial charge in [0.15, 0.2) is 0 Å². The lowest BCUT2D eigenvalue weighted by Gasteiger charge is -2.24. The maximum atomic E-state index is 14.0. The molecule has 4 aromatic carbocycles. The summed E-state index contributed by atoms with van der Waals surface area (Å²) >= 11 is 0. The Hall–Kier alpha value is -4.91. The molecular weight excluding hydrogens is 540 g/mol. The third-order valence-corrected chi connectivity index (χ3v) is 7.31. The Bertz CT molecular complexity index is 1570. The van der Waals surface area contributed by atoms with Crippen LogP contribution in [0.5, 0.6) is 5.75 Å². The van der Waals surface area contributed by atoms with Gasteiger partial charge < -0.3 is 20.1 Å². The van der Waals surface area contributed by atoms with Crippen molar-refractivity contribution >= 4 is 17.8 Å². The van der Waals surface area contributed by atoms with Crippen molar-refractivity contribution in [1.82, 2.24) is 10.2 Å². The third kappa shape index (κ3) is 8.10. The van der Waals surface area contributed by atoms with E-state index < -0.39 is 5.97 Å². The minimum absolute atomic E-state index is 0.0324. The van der Waals surface area contributed by atoms with Gasteiger partial charge in [0, 0.05) is 30.8 Å². The highest BCUT2D eigenvalue weighted by Crippen LogP contribution is 2.29. The molecule has 2 N–H and O–H groups in total. The number of carboxylic acids is 1. The predicted molar refractivity (Wildman–Crippen MR) is 168 cm³/mol. The van der Waals surface area contributed by atoms with E-state index in [1.807, 2.05) is 48.5 Å². The van der Waals surface area contributed by atoms with Gasteiger partial charge in [0.25, 0.3) is 11.8 Å². The minimum atomic E-state index is -0.990. The first-order valence-corrected chi connectivity index (χ1v) is 14.3. The number of nitrogens with one attached hydrogen (secondary N) is 1. The number of ether oxygens (including phenoxy) is 1. The van der Waals surface area contributed by atoms with Crippen molar-refractivity contribution in [3.05, 3.63) is 125 Å². The molecule has 0 aliphatic carbocycles. The predicted octanol–water partition coefficient (Wildman–Crippen LogP) is 6.71. The fraction of sp³-hybridized carbons (Fsp3) is 0.250. The van der Waals surface area contributed by atoms with Crippen LogP contribution in [0.25, 0.3) is 11.1 Å². The van der Waals surface area contributed by atoms with Crippen LogP contribution >= 0.6 is 0 Å². The van der Waals surface area contributed by atoms with Gasteiger partial charge in [0.2, 0.25) is 0 Å². The molecule has 0 spiro atoms. The molecule has 0 bridgehead atoms. The lowest BCUT2D eigenvalue weighted by molar-refractivity contribution is -0.137. The van der Waals surface area contributed by atoms with E-state index in [4.69, 9.17) is 4.74 Å². The minimum Gasteiger partial charge on any atom is -0.497 e. The number of amides is 2. The summed E-state index contributed by atoms with van der Waals surface area (Å²) in [5.74, 6) is -0.870. The summed E-state index contributed by atoms with van der Waals surface area (Å²) in [7, 11) is 1.58. The fourth-order valence-electron chi connectivity index (χ4n) is 4.83. The van der Waals surface area contributed by atoms with Crippen molar-refractivity contribution in [3.63, 3.8) is 0 Å². The Labute approximate surface area is 253 Å². The largest absolute Gasteiger partial charge is 0.497 e. The second-order valence-electron chi connectivity index (χ2n) is 11.4. The highest BCUT2D eigenvalue weighted by Gasteiger charge is 2.23. The summed E-state index contributed by atoms with van der Waals surface area (Å²) in [6.45, 7) is 7.10. The number of benzene rings is 4. The molecule has 0 saturated carbocycles. The maximum absolute atomic E-state index is 14.0. The average molecular weight is 579 g/mol. The number of aliphatic carboxylic acids is 1. The Morgan fingerprint density at radius 3 is 1.91 bits per heavy atom. The van der Waals surface area contributed by atoms with Gasteiger partial charge in [0.05, 0.1) is 13.5 Å². The standard InChI is InChI=1S/C36H38N2O5/c1-36(2,3)27-17-13-25(14-18-27)23-37-34(41)31-11-7-5-9-29(31)30-10-6-8-12-32(30)35(42)38(22-21-33(39)40)24-26-15-19-28(43-4)20-16-26/h5-20H,21-24H2,1-4H3,(H,37,41)(H,39,40). The molecule has 0 fully saturated rings. The quantitative estimate of drug-likeness (QED) is 0.206. The van der Waals surface area contributed by atoms with Crippen LogP contribution < -0.4 is 10.1 Å². The number of rotatable bonds is 11. The van der Waals surface area contributed by atoms with Gasteiger partial charge in [-0.3, -0.25) is 14.4 Å². The monoisotopic (exact) mass is 578 g/mol. The molecule has 222 valence electrons. The Morgan fingerprint density at radius 2 is 1.33 bits per heavy atom. The van der Waals surface area contributed by atoms with Gasteiger partial charge in [-0.15, -0.1) is 0 Å². The van der Waals surface area contributed by atoms with Crippen LogP contribution in [-0.2, 0) is 23.3 Å². The molecule has 4 rings (SSSR count). The van der Waals surface area contributed by atoms with Crippen molar-refractivity contribution in [1.29, 1.82) is 0 Å². The number of carbonyl (C=O) groups excluding carboxylic acids is 2. The number of nitrogens with zero attached hydrogens (tertiary/aromatic N) is 1. The molecule has 0 radical (unpaired) electrons. The maximum Gasteiger partial charge on any atom is 0.305 e. The van der Waals surface area contributed by atoms with Crippen molar-refractivity contribution in [2.45, 2.75) is 45.7 Å². The van der Waals surface area contributed by atoms with Gasteiger partial charge in [-0.1, -0.05) is 93.6 Å². The van der Waals surface area contributed by atoms with Crippen LogP contribution in [0.1, 0.15) is 64.6 Å². The van der Waals surface area contributed by atoms with Gasteiger partial charge in [-0.2, -0.15) is 0 Å². The molecule has 0 aromatic heterocycles. The molecule has 43 heavy (non-hydrogen) atoms. The van der Waals surface area contributed by atoms with E-state index in [1.165, 1.54) is 10.5 Å². The summed E-state index contributed by atoms with van der Waals surface area (Å²) in [4.78, 5) is 40.4. The smallest absolute Gasteiger partial charge is 0.305 e. The molecule has 0 aliphatic rings. The SMILES string of the molecule is COc1ccc(CN(CCC(=O)O)C(=O)c2ccccc2-c2ccccc2C(=O)NCc2ccc(C(C)(C)C)cc2)cc1. The van der Waals surface area contributed by atoms with E-state index in [9.17, 15) is 19.5 Å². The van der Waals surface area contributed by atoms with Crippen molar-refractivity contribution in [3.8, 4) is 16.9 Å². The van der Waals surface area contributed by atoms with E-state index >= 15 is 0 Å². The first kappa shape index (κ1) is 31.0. The summed E-state index contributed by atoms with van der Waals surface area (Å²) in [6, 6.07) is 29.8. The highest BCUT2D eigenvalue weighted by atomic mass is 16.5. The fourth-order valence-corrected chi connectivity index (χ4v) is 4.83. The van der Waals surface area contributed by atoms with E-state index in [2.05, 4.69) is 38.2 Å². The number of carbonyl (C=O) groups is 3. The van der Waals surface area contributed by atoms with E-state index in [-0.39, 0.29) is 36.7 Å². The number of hydrogen-bond acceptors (Lipinski definition) is 4. The second-order valence-corrected chi connectivity index (χ2v) is 11.4. The average Bonchev–Trinajstić information content (AvgIpc) is 3.01. The summed E-state index contributed by atoms with van der Waals surface area (Å²) < 4.78 is 5.23. The lowest BCUT2D eigenvalue weighted by Crippen LogP contribution is -2.33. The Balaban J connectivity index is 1.60. The van der Waals surface area contributed by atoms with Crippen LogP contribution in [0.2, 0.25) is 0 Å².